The topological polar surface area (TPSA) is 66.5 Å². The van der Waals surface area contributed by atoms with Crippen LogP contribution in [-0.4, -0.2) is 27.1 Å². The van der Waals surface area contributed by atoms with Crippen molar-refractivity contribution in [2.75, 3.05) is 22.4 Å². The number of anilines is 2. The van der Waals surface area contributed by atoms with Gasteiger partial charge in [0.1, 0.15) is 6.54 Å². The maximum Gasteiger partial charge on any atom is 0.245 e. The molecule has 0 spiro atoms. The van der Waals surface area contributed by atoms with E-state index in [0.29, 0.717) is 10.7 Å². The largest absolute Gasteiger partial charge is 0.324 e. The number of carbonyl (C=O) groups excluding carboxylic acids is 1. The van der Waals surface area contributed by atoms with E-state index in [-0.39, 0.29) is 6.54 Å². The lowest BCUT2D eigenvalue weighted by Crippen LogP contribution is -2.37. The number of benzene rings is 2. The molecule has 0 saturated heterocycles. The average Bonchev–Trinajstić information content (AvgIpc) is 2.61. The highest BCUT2D eigenvalue weighted by Gasteiger charge is 2.22. The highest BCUT2D eigenvalue weighted by atomic mass is 35.5. The highest BCUT2D eigenvalue weighted by Crippen LogP contribution is 2.26. The van der Waals surface area contributed by atoms with Crippen molar-refractivity contribution >= 4 is 38.9 Å². The summed E-state index contributed by atoms with van der Waals surface area (Å²) in [5.74, 6) is -0.396. The van der Waals surface area contributed by atoms with Gasteiger partial charge >= 0.3 is 0 Å². The van der Waals surface area contributed by atoms with E-state index in [1.165, 1.54) is 0 Å². The molecule has 0 aliphatic rings. The molecular formula is C20H25ClN2O3S. The SMILES string of the molecule is CCc1cccc(CC)c1NC(=O)CN(c1ccc(C)c(Cl)c1)S(C)(=O)=O. The Balaban J connectivity index is 2.32. The first-order chi connectivity index (χ1) is 12.7. The first-order valence-electron chi connectivity index (χ1n) is 8.81. The van der Waals surface area contributed by atoms with Crippen LogP contribution in [0.5, 0.6) is 0 Å². The zero-order chi connectivity index (χ0) is 20.2. The van der Waals surface area contributed by atoms with E-state index < -0.39 is 15.9 Å². The summed E-state index contributed by atoms with van der Waals surface area (Å²) in [6, 6.07) is 10.8. The lowest BCUT2D eigenvalue weighted by molar-refractivity contribution is -0.114. The molecule has 0 bridgehead atoms. The Labute approximate surface area is 166 Å². The van der Waals surface area contributed by atoms with E-state index in [1.54, 1.807) is 18.2 Å². The second-order valence-corrected chi connectivity index (χ2v) is 8.72. The number of para-hydroxylation sites is 1. The fourth-order valence-corrected chi connectivity index (χ4v) is 3.87. The number of hydrogen-bond donors (Lipinski definition) is 1. The number of nitrogens with zero attached hydrogens (tertiary/aromatic N) is 1. The van der Waals surface area contributed by atoms with Crippen LogP contribution in [0.2, 0.25) is 5.02 Å². The van der Waals surface area contributed by atoms with E-state index in [0.717, 1.165) is 45.8 Å². The van der Waals surface area contributed by atoms with Gasteiger partial charge in [-0.25, -0.2) is 8.42 Å². The number of nitrogens with one attached hydrogen (secondary N) is 1. The van der Waals surface area contributed by atoms with E-state index in [9.17, 15) is 13.2 Å². The summed E-state index contributed by atoms with van der Waals surface area (Å²) in [4.78, 5) is 12.7. The Morgan fingerprint density at radius 3 is 2.19 bits per heavy atom. The quantitative estimate of drug-likeness (QED) is 0.747. The molecule has 0 radical (unpaired) electrons. The molecule has 0 atom stereocenters. The van der Waals surface area contributed by atoms with E-state index in [4.69, 9.17) is 11.6 Å². The normalized spacial score (nSPS) is 11.3. The Morgan fingerprint density at radius 1 is 1.11 bits per heavy atom. The molecule has 1 amide bonds. The average molecular weight is 409 g/mol. The molecule has 2 aromatic rings. The van der Waals surface area contributed by atoms with Crippen molar-refractivity contribution in [2.45, 2.75) is 33.6 Å². The third kappa shape index (κ3) is 5.23. The van der Waals surface area contributed by atoms with Gasteiger partial charge in [-0.1, -0.05) is 49.7 Å². The highest BCUT2D eigenvalue weighted by molar-refractivity contribution is 7.92. The Morgan fingerprint density at radius 2 is 1.70 bits per heavy atom. The van der Waals surface area contributed by atoms with Crippen LogP contribution in [0.25, 0.3) is 0 Å². The molecule has 0 saturated carbocycles. The van der Waals surface area contributed by atoms with Crippen molar-refractivity contribution in [2.24, 2.45) is 0 Å². The monoisotopic (exact) mass is 408 g/mol. The third-order valence-corrected chi connectivity index (χ3v) is 5.94. The van der Waals surface area contributed by atoms with E-state index >= 15 is 0 Å². The number of halogens is 1. The standard InChI is InChI=1S/C20H25ClN2O3S/c1-5-15-8-7-9-16(6-2)20(15)22-19(24)13-23(27(4,25)26)17-11-10-14(3)18(21)12-17/h7-12H,5-6,13H2,1-4H3,(H,22,24). The molecule has 7 heteroatoms. The van der Waals surface area contributed by atoms with Gasteiger partial charge < -0.3 is 5.32 Å². The molecule has 0 aliphatic carbocycles. The number of aryl methyl sites for hydroxylation is 3. The molecule has 0 aliphatic heterocycles. The molecule has 0 heterocycles. The van der Waals surface area contributed by atoms with Gasteiger partial charge in [-0.3, -0.25) is 9.10 Å². The lowest BCUT2D eigenvalue weighted by Gasteiger charge is -2.23. The third-order valence-electron chi connectivity index (χ3n) is 4.39. The van der Waals surface area contributed by atoms with Gasteiger partial charge in [0, 0.05) is 10.7 Å². The number of amides is 1. The van der Waals surface area contributed by atoms with Crippen LogP contribution < -0.4 is 9.62 Å². The molecule has 27 heavy (non-hydrogen) atoms. The van der Waals surface area contributed by atoms with Crippen LogP contribution in [0.4, 0.5) is 11.4 Å². The molecule has 2 aromatic carbocycles. The van der Waals surface area contributed by atoms with E-state index in [2.05, 4.69) is 5.32 Å². The first-order valence-corrected chi connectivity index (χ1v) is 11.0. The summed E-state index contributed by atoms with van der Waals surface area (Å²) in [6.45, 7) is 5.54. The maximum atomic E-state index is 12.7. The molecule has 146 valence electrons. The predicted molar refractivity (Wildman–Crippen MR) is 112 cm³/mol. The number of sulfonamides is 1. The van der Waals surface area contributed by atoms with Crippen LogP contribution in [0.1, 0.15) is 30.5 Å². The number of hydrogen-bond acceptors (Lipinski definition) is 3. The second-order valence-electron chi connectivity index (χ2n) is 6.41. The number of carbonyl (C=O) groups is 1. The molecule has 0 unspecified atom stereocenters. The second kappa shape index (κ2) is 8.76. The minimum absolute atomic E-state index is 0.320. The summed E-state index contributed by atoms with van der Waals surface area (Å²) in [6.07, 6.45) is 2.62. The first kappa shape index (κ1) is 21.3. The van der Waals surface area contributed by atoms with Crippen molar-refractivity contribution in [1.29, 1.82) is 0 Å². The van der Waals surface area contributed by atoms with Crippen molar-refractivity contribution in [3.63, 3.8) is 0 Å². The lowest BCUT2D eigenvalue weighted by atomic mass is 10.0. The van der Waals surface area contributed by atoms with Crippen LogP contribution in [0.3, 0.4) is 0 Å². The number of rotatable bonds is 7. The summed E-state index contributed by atoms with van der Waals surface area (Å²) in [5.41, 5.74) is 4.01. The van der Waals surface area contributed by atoms with Crippen molar-refractivity contribution < 1.29 is 13.2 Å². The molecule has 0 aromatic heterocycles. The Kier molecular flexibility index (Phi) is 6.89. The molecule has 5 nitrogen and oxygen atoms in total. The fourth-order valence-electron chi connectivity index (χ4n) is 2.85. The van der Waals surface area contributed by atoms with Crippen LogP contribution in [0.15, 0.2) is 36.4 Å². The van der Waals surface area contributed by atoms with Crippen molar-refractivity contribution in [3.8, 4) is 0 Å². The fraction of sp³-hybridized carbons (Fsp3) is 0.350. The van der Waals surface area contributed by atoms with Crippen LogP contribution >= 0.6 is 11.6 Å². The van der Waals surface area contributed by atoms with Crippen molar-refractivity contribution in [1.82, 2.24) is 0 Å². The molecule has 2 rings (SSSR count). The summed E-state index contributed by atoms with van der Waals surface area (Å²) >= 11 is 6.13. The van der Waals surface area contributed by atoms with Gasteiger partial charge in [0.25, 0.3) is 0 Å². The van der Waals surface area contributed by atoms with Crippen molar-refractivity contribution in [3.05, 3.63) is 58.1 Å². The Hall–Kier alpha value is -2.05. The van der Waals surface area contributed by atoms with Crippen LogP contribution in [0, 0.1) is 6.92 Å². The molecule has 0 fully saturated rings. The predicted octanol–water partition coefficient (Wildman–Crippen LogP) is 4.18. The minimum atomic E-state index is -3.65. The molecular weight excluding hydrogens is 384 g/mol. The maximum absolute atomic E-state index is 12.7. The van der Waals surface area contributed by atoms with Gasteiger partial charge in [-0.15, -0.1) is 0 Å². The molecule has 1 N–H and O–H groups in total. The summed E-state index contributed by atoms with van der Waals surface area (Å²) in [5, 5.41) is 3.35. The van der Waals surface area contributed by atoms with Gasteiger partial charge in [-0.05, 0) is 48.6 Å². The minimum Gasteiger partial charge on any atom is -0.324 e. The Bertz CT molecular complexity index is 920. The smallest absolute Gasteiger partial charge is 0.245 e. The van der Waals surface area contributed by atoms with E-state index in [1.807, 2.05) is 39.0 Å². The van der Waals surface area contributed by atoms with Gasteiger partial charge in [0.05, 0.1) is 11.9 Å². The van der Waals surface area contributed by atoms with Gasteiger partial charge in [0.2, 0.25) is 15.9 Å². The summed E-state index contributed by atoms with van der Waals surface area (Å²) in [7, 11) is -3.65. The van der Waals surface area contributed by atoms with Gasteiger partial charge in [0.15, 0.2) is 0 Å². The van der Waals surface area contributed by atoms with Crippen LogP contribution in [-0.2, 0) is 27.7 Å². The summed E-state index contributed by atoms with van der Waals surface area (Å²) < 4.78 is 25.6. The zero-order valence-electron chi connectivity index (χ0n) is 16.0. The zero-order valence-corrected chi connectivity index (χ0v) is 17.6. The van der Waals surface area contributed by atoms with Gasteiger partial charge in [-0.2, -0.15) is 0 Å².